The molecule has 0 aromatic carbocycles. The van der Waals surface area contributed by atoms with Crippen molar-refractivity contribution in [2.75, 3.05) is 34.9 Å². The number of ether oxygens (including phenoxy) is 2. The van der Waals surface area contributed by atoms with Gasteiger partial charge in [0.15, 0.2) is 12.0 Å². The molecule has 1 amide bonds. The third kappa shape index (κ3) is 3.62. The highest BCUT2D eigenvalue weighted by atomic mass is 16.7. The maximum atomic E-state index is 12.4. The lowest BCUT2D eigenvalue weighted by molar-refractivity contribution is -0.0974. The molecule has 0 aliphatic heterocycles. The van der Waals surface area contributed by atoms with Gasteiger partial charge in [-0.1, -0.05) is 6.07 Å². The van der Waals surface area contributed by atoms with E-state index in [9.17, 15) is 4.79 Å². The van der Waals surface area contributed by atoms with Gasteiger partial charge in [0.25, 0.3) is 5.91 Å². The molecule has 7 nitrogen and oxygen atoms in total. The Morgan fingerprint density at radius 3 is 2.73 bits per heavy atom. The zero-order valence-corrected chi connectivity index (χ0v) is 13.4. The van der Waals surface area contributed by atoms with Crippen molar-refractivity contribution in [3.63, 3.8) is 0 Å². The summed E-state index contributed by atoms with van der Waals surface area (Å²) in [5, 5.41) is 2.79. The Bertz CT molecular complexity index is 635. The van der Waals surface area contributed by atoms with Crippen LogP contribution in [0.25, 0.3) is 5.65 Å². The van der Waals surface area contributed by atoms with E-state index in [-0.39, 0.29) is 12.5 Å². The van der Waals surface area contributed by atoms with Crippen LogP contribution in [0, 0.1) is 0 Å². The molecule has 0 aliphatic carbocycles. The molecule has 0 unspecified atom stereocenters. The first-order valence-corrected chi connectivity index (χ1v) is 7.01. The van der Waals surface area contributed by atoms with Crippen molar-refractivity contribution in [1.82, 2.24) is 19.6 Å². The molecule has 0 fully saturated rings. The van der Waals surface area contributed by atoms with Gasteiger partial charge in [0, 0.05) is 27.0 Å². The number of imidazole rings is 1. The Labute approximate surface area is 129 Å². The molecule has 2 aromatic rings. The van der Waals surface area contributed by atoms with E-state index in [1.165, 1.54) is 14.2 Å². The molecule has 2 heterocycles. The van der Waals surface area contributed by atoms with Crippen LogP contribution in [0.4, 0.5) is 0 Å². The minimum atomic E-state index is -0.474. The normalized spacial score (nSPS) is 11.5. The quantitative estimate of drug-likeness (QED) is 0.764. The lowest BCUT2D eigenvalue weighted by atomic mass is 10.3. The lowest BCUT2D eigenvalue weighted by Gasteiger charge is -2.14. The Kier molecular flexibility index (Phi) is 5.48. The molecule has 1 N–H and O–H groups in total. The van der Waals surface area contributed by atoms with Gasteiger partial charge in [-0.25, -0.2) is 4.98 Å². The fourth-order valence-corrected chi connectivity index (χ4v) is 2.20. The lowest BCUT2D eigenvalue weighted by Crippen LogP contribution is -2.35. The first-order chi connectivity index (χ1) is 10.6. The first kappa shape index (κ1) is 16.4. The number of amides is 1. The number of hydrogen-bond donors (Lipinski definition) is 1. The standard InChI is InChI=1S/C15H22N4O3/c1-18(2)10-11-14(15(20)16-9-13(21-3)22-4)17-12-7-5-6-8-19(11)12/h5-8,13H,9-10H2,1-4H3,(H,16,20). The van der Waals surface area contributed by atoms with Gasteiger partial charge in [-0.2, -0.15) is 0 Å². The average Bonchev–Trinajstić information content (AvgIpc) is 2.86. The molecule has 0 radical (unpaired) electrons. The van der Waals surface area contributed by atoms with Crippen LogP contribution >= 0.6 is 0 Å². The van der Waals surface area contributed by atoms with Crippen molar-refractivity contribution >= 4 is 11.6 Å². The van der Waals surface area contributed by atoms with Gasteiger partial charge in [0.05, 0.1) is 12.2 Å². The smallest absolute Gasteiger partial charge is 0.272 e. The van der Waals surface area contributed by atoms with Crippen LogP contribution in [0.1, 0.15) is 16.2 Å². The van der Waals surface area contributed by atoms with Gasteiger partial charge in [-0.05, 0) is 26.2 Å². The van der Waals surface area contributed by atoms with Crippen molar-refractivity contribution in [2.24, 2.45) is 0 Å². The van der Waals surface area contributed by atoms with E-state index in [0.29, 0.717) is 12.2 Å². The van der Waals surface area contributed by atoms with Gasteiger partial charge < -0.3 is 24.1 Å². The number of hydrogen-bond acceptors (Lipinski definition) is 5. The maximum absolute atomic E-state index is 12.4. The van der Waals surface area contributed by atoms with E-state index in [1.54, 1.807) is 0 Å². The number of fused-ring (bicyclic) bond motifs is 1. The number of nitrogens with one attached hydrogen (secondary N) is 1. The van der Waals surface area contributed by atoms with Crippen LogP contribution < -0.4 is 5.32 Å². The zero-order chi connectivity index (χ0) is 16.1. The van der Waals surface area contributed by atoms with Crippen molar-refractivity contribution < 1.29 is 14.3 Å². The summed E-state index contributed by atoms with van der Waals surface area (Å²) in [5.74, 6) is -0.236. The number of rotatable bonds is 7. The first-order valence-electron chi connectivity index (χ1n) is 7.01. The molecule has 0 aliphatic rings. The largest absolute Gasteiger partial charge is 0.354 e. The summed E-state index contributed by atoms with van der Waals surface area (Å²) in [5.41, 5.74) is 2.02. The summed E-state index contributed by atoms with van der Waals surface area (Å²) >= 11 is 0. The zero-order valence-electron chi connectivity index (χ0n) is 13.4. The second-order valence-corrected chi connectivity index (χ2v) is 5.18. The summed E-state index contributed by atoms with van der Waals surface area (Å²) in [6.45, 7) is 0.882. The summed E-state index contributed by atoms with van der Waals surface area (Å²) < 4.78 is 12.1. The molecule has 7 heteroatoms. The highest BCUT2D eigenvalue weighted by Crippen LogP contribution is 2.14. The van der Waals surface area contributed by atoms with Crippen LogP contribution in [0.5, 0.6) is 0 Å². The summed E-state index contributed by atoms with van der Waals surface area (Å²) in [6.07, 6.45) is 1.43. The van der Waals surface area contributed by atoms with Gasteiger partial charge in [0.2, 0.25) is 0 Å². The fraction of sp³-hybridized carbons (Fsp3) is 0.467. The monoisotopic (exact) mass is 306 g/mol. The van der Waals surface area contributed by atoms with Crippen LogP contribution in [0.2, 0.25) is 0 Å². The molecule has 120 valence electrons. The molecule has 0 atom stereocenters. The van der Waals surface area contributed by atoms with E-state index in [2.05, 4.69) is 10.3 Å². The molecule has 22 heavy (non-hydrogen) atoms. The summed E-state index contributed by atoms with van der Waals surface area (Å²) in [6, 6.07) is 5.69. The minimum absolute atomic E-state index is 0.236. The molecule has 0 saturated carbocycles. The molecule has 2 aromatic heterocycles. The van der Waals surface area contributed by atoms with Gasteiger partial charge in [0.1, 0.15) is 5.65 Å². The van der Waals surface area contributed by atoms with E-state index < -0.39 is 6.29 Å². The van der Waals surface area contributed by atoms with Gasteiger partial charge >= 0.3 is 0 Å². The molecular formula is C15H22N4O3. The Morgan fingerprint density at radius 2 is 2.09 bits per heavy atom. The molecule has 0 bridgehead atoms. The molecule has 0 spiro atoms. The van der Waals surface area contributed by atoms with E-state index in [1.807, 2.05) is 47.8 Å². The second-order valence-electron chi connectivity index (χ2n) is 5.18. The number of carbonyl (C=O) groups is 1. The molecular weight excluding hydrogens is 284 g/mol. The second kappa shape index (κ2) is 7.35. The average molecular weight is 306 g/mol. The predicted molar refractivity (Wildman–Crippen MR) is 82.7 cm³/mol. The van der Waals surface area contributed by atoms with Crippen LogP contribution in [0.3, 0.4) is 0 Å². The Hall–Kier alpha value is -1.96. The van der Waals surface area contributed by atoms with Crippen molar-refractivity contribution in [1.29, 1.82) is 0 Å². The summed E-state index contributed by atoms with van der Waals surface area (Å²) in [4.78, 5) is 18.9. The SMILES string of the molecule is COC(CNC(=O)c1nc2ccccn2c1CN(C)C)OC. The third-order valence-corrected chi connectivity index (χ3v) is 3.27. The van der Waals surface area contributed by atoms with E-state index in [0.717, 1.165) is 11.3 Å². The predicted octanol–water partition coefficient (Wildman–Crippen LogP) is 0.745. The van der Waals surface area contributed by atoms with Gasteiger partial charge in [-0.15, -0.1) is 0 Å². The number of nitrogens with zero attached hydrogens (tertiary/aromatic N) is 3. The van der Waals surface area contributed by atoms with Crippen molar-refractivity contribution in [3.05, 3.63) is 35.8 Å². The van der Waals surface area contributed by atoms with Crippen LogP contribution in [0.15, 0.2) is 24.4 Å². The number of pyridine rings is 1. The number of aromatic nitrogens is 2. The fourth-order valence-electron chi connectivity index (χ4n) is 2.20. The highest BCUT2D eigenvalue weighted by Gasteiger charge is 2.20. The molecule has 0 saturated heterocycles. The highest BCUT2D eigenvalue weighted by molar-refractivity contribution is 5.94. The number of methoxy groups -OCH3 is 2. The van der Waals surface area contributed by atoms with Gasteiger partial charge in [-0.3, -0.25) is 4.79 Å². The van der Waals surface area contributed by atoms with Crippen LogP contribution in [-0.2, 0) is 16.0 Å². The van der Waals surface area contributed by atoms with Crippen molar-refractivity contribution in [3.8, 4) is 0 Å². The molecule has 2 rings (SSSR count). The third-order valence-electron chi connectivity index (χ3n) is 3.27. The van der Waals surface area contributed by atoms with E-state index >= 15 is 0 Å². The maximum Gasteiger partial charge on any atom is 0.272 e. The van der Waals surface area contributed by atoms with Crippen LogP contribution in [-0.4, -0.2) is 61.3 Å². The number of carbonyl (C=O) groups excluding carboxylic acids is 1. The topological polar surface area (TPSA) is 68.1 Å². The Balaban J connectivity index is 2.27. The summed E-state index contributed by atoms with van der Waals surface area (Å²) in [7, 11) is 6.97. The van der Waals surface area contributed by atoms with Crippen molar-refractivity contribution in [2.45, 2.75) is 12.8 Å². The van der Waals surface area contributed by atoms with E-state index in [4.69, 9.17) is 9.47 Å². The minimum Gasteiger partial charge on any atom is -0.354 e. The Morgan fingerprint density at radius 1 is 1.36 bits per heavy atom.